The summed E-state index contributed by atoms with van der Waals surface area (Å²) in [5.41, 5.74) is 0. The molecule has 0 amide bonds. The lowest BCUT2D eigenvalue weighted by molar-refractivity contribution is -0.167. The summed E-state index contributed by atoms with van der Waals surface area (Å²) >= 11 is 0. The molecule has 0 fully saturated rings. The van der Waals surface area contributed by atoms with Crippen LogP contribution in [0.25, 0.3) is 0 Å². The molecule has 0 saturated heterocycles. The number of allylic oxidation sites excluding steroid dienone is 2. The maximum atomic E-state index is 12.8. The Morgan fingerprint density at radius 1 is 0.306 bits per heavy atom. The van der Waals surface area contributed by atoms with Crippen LogP contribution in [0.4, 0.5) is 0 Å². The second-order valence-electron chi connectivity index (χ2n) is 18.9. The fraction of sp³-hybridized carbons (Fsp3) is 0.911. The molecular formula is C56H106O6. The normalized spacial score (nSPS) is 12.0. The Balaban J connectivity index is 4.27. The van der Waals surface area contributed by atoms with E-state index >= 15 is 0 Å². The highest BCUT2D eigenvalue weighted by Gasteiger charge is 2.19. The molecule has 0 heterocycles. The predicted molar refractivity (Wildman–Crippen MR) is 266 cm³/mol. The van der Waals surface area contributed by atoms with Crippen molar-refractivity contribution in [3.05, 3.63) is 12.2 Å². The van der Waals surface area contributed by atoms with E-state index in [1.165, 1.54) is 205 Å². The van der Waals surface area contributed by atoms with Crippen LogP contribution in [0.5, 0.6) is 0 Å². The topological polar surface area (TPSA) is 78.9 Å². The zero-order valence-corrected chi connectivity index (χ0v) is 41.9. The molecule has 0 aliphatic heterocycles. The number of unbranched alkanes of at least 4 members (excludes halogenated alkanes) is 38. The monoisotopic (exact) mass is 875 g/mol. The van der Waals surface area contributed by atoms with Gasteiger partial charge in [0, 0.05) is 19.3 Å². The van der Waals surface area contributed by atoms with Crippen molar-refractivity contribution in [1.82, 2.24) is 0 Å². The molecule has 0 radical (unpaired) electrons. The van der Waals surface area contributed by atoms with Crippen LogP contribution in [0.2, 0.25) is 0 Å². The Hall–Kier alpha value is -1.85. The molecule has 0 N–H and O–H groups in total. The minimum absolute atomic E-state index is 0.0678. The van der Waals surface area contributed by atoms with Gasteiger partial charge in [-0.25, -0.2) is 0 Å². The zero-order valence-electron chi connectivity index (χ0n) is 41.9. The van der Waals surface area contributed by atoms with Gasteiger partial charge in [-0.2, -0.15) is 0 Å². The van der Waals surface area contributed by atoms with Crippen molar-refractivity contribution >= 4 is 17.9 Å². The molecule has 62 heavy (non-hydrogen) atoms. The maximum Gasteiger partial charge on any atom is 0.306 e. The Kier molecular flexibility index (Phi) is 50.2. The van der Waals surface area contributed by atoms with Crippen molar-refractivity contribution in [3.63, 3.8) is 0 Å². The van der Waals surface area contributed by atoms with E-state index in [2.05, 4.69) is 32.9 Å². The molecule has 0 aliphatic carbocycles. The minimum atomic E-state index is -0.767. The lowest BCUT2D eigenvalue weighted by Crippen LogP contribution is -2.30. The number of carbonyl (C=O) groups excluding carboxylic acids is 3. The second kappa shape index (κ2) is 51.8. The first-order valence-electron chi connectivity index (χ1n) is 27.7. The van der Waals surface area contributed by atoms with E-state index in [9.17, 15) is 14.4 Å². The number of carbonyl (C=O) groups is 3. The molecule has 0 spiro atoms. The second-order valence-corrected chi connectivity index (χ2v) is 18.9. The molecule has 0 aromatic carbocycles. The van der Waals surface area contributed by atoms with Gasteiger partial charge in [0.1, 0.15) is 13.2 Å². The minimum Gasteiger partial charge on any atom is -0.462 e. The molecule has 0 aromatic rings. The number of esters is 3. The summed E-state index contributed by atoms with van der Waals surface area (Å²) in [6, 6.07) is 0. The van der Waals surface area contributed by atoms with Crippen LogP contribution in [0, 0.1) is 0 Å². The molecule has 0 saturated carbocycles. The largest absolute Gasteiger partial charge is 0.462 e. The summed E-state index contributed by atoms with van der Waals surface area (Å²) in [5.74, 6) is -0.857. The van der Waals surface area contributed by atoms with Crippen LogP contribution in [0.1, 0.15) is 310 Å². The molecular weight excluding hydrogens is 769 g/mol. The first-order chi connectivity index (χ1) is 30.5. The van der Waals surface area contributed by atoms with Crippen molar-refractivity contribution in [2.75, 3.05) is 13.2 Å². The van der Waals surface area contributed by atoms with E-state index in [0.717, 1.165) is 64.2 Å². The standard InChI is InChI=1S/C56H106O6/c1-4-7-10-13-16-19-22-25-26-27-28-29-30-32-34-37-40-43-46-49-55(58)61-52-53(51-60-54(57)48-45-42-39-36-33-24-21-18-15-12-9-6-3)62-56(59)50-47-44-41-38-35-31-23-20-17-14-11-8-5-2/h20,23,53H,4-19,21-22,24-52H2,1-3H3/b23-20-/t53-/m1/s1. The third-order valence-corrected chi connectivity index (χ3v) is 12.5. The summed E-state index contributed by atoms with van der Waals surface area (Å²) in [5, 5.41) is 0. The fourth-order valence-electron chi connectivity index (χ4n) is 8.32. The SMILES string of the molecule is CCCCCC/C=C\CCCCCCCC(=O)O[C@H](COC(=O)CCCCCCCCCCCCCC)COC(=O)CCCCCCCCCCCCCCCCCCCCC. The van der Waals surface area contributed by atoms with Crippen LogP contribution < -0.4 is 0 Å². The van der Waals surface area contributed by atoms with Crippen molar-refractivity contribution in [2.24, 2.45) is 0 Å². The maximum absolute atomic E-state index is 12.8. The average Bonchev–Trinajstić information content (AvgIpc) is 3.27. The highest BCUT2D eigenvalue weighted by Crippen LogP contribution is 2.17. The predicted octanol–water partition coefficient (Wildman–Crippen LogP) is 18.2. The van der Waals surface area contributed by atoms with Crippen LogP contribution >= 0.6 is 0 Å². The van der Waals surface area contributed by atoms with Gasteiger partial charge >= 0.3 is 17.9 Å². The molecule has 0 aliphatic rings. The van der Waals surface area contributed by atoms with Gasteiger partial charge in [0.05, 0.1) is 0 Å². The molecule has 1 atom stereocenters. The third kappa shape index (κ3) is 49.2. The van der Waals surface area contributed by atoms with Gasteiger partial charge in [0.25, 0.3) is 0 Å². The summed E-state index contributed by atoms with van der Waals surface area (Å²) in [4.78, 5) is 38.0. The third-order valence-electron chi connectivity index (χ3n) is 12.5. The van der Waals surface area contributed by atoms with Crippen molar-refractivity contribution < 1.29 is 28.6 Å². The highest BCUT2D eigenvalue weighted by molar-refractivity contribution is 5.71. The lowest BCUT2D eigenvalue weighted by Gasteiger charge is -2.18. The fourth-order valence-corrected chi connectivity index (χ4v) is 8.32. The smallest absolute Gasteiger partial charge is 0.306 e. The Morgan fingerprint density at radius 2 is 0.532 bits per heavy atom. The van der Waals surface area contributed by atoms with Crippen LogP contribution in [-0.4, -0.2) is 37.2 Å². The quantitative estimate of drug-likeness (QED) is 0.0262. The van der Waals surface area contributed by atoms with Gasteiger partial charge in [0.15, 0.2) is 6.10 Å². The molecule has 6 heteroatoms. The molecule has 0 rings (SSSR count). The zero-order chi connectivity index (χ0) is 45.1. The van der Waals surface area contributed by atoms with E-state index in [-0.39, 0.29) is 31.1 Å². The van der Waals surface area contributed by atoms with Crippen LogP contribution in [-0.2, 0) is 28.6 Å². The number of hydrogen-bond donors (Lipinski definition) is 0. The Bertz CT molecular complexity index is 962. The number of hydrogen-bond acceptors (Lipinski definition) is 6. The van der Waals surface area contributed by atoms with Gasteiger partial charge in [-0.05, 0) is 44.9 Å². The average molecular weight is 875 g/mol. The van der Waals surface area contributed by atoms with Gasteiger partial charge < -0.3 is 14.2 Å². The summed E-state index contributed by atoms with van der Waals surface area (Å²) < 4.78 is 16.8. The van der Waals surface area contributed by atoms with Crippen molar-refractivity contribution in [1.29, 1.82) is 0 Å². The van der Waals surface area contributed by atoms with E-state index in [4.69, 9.17) is 14.2 Å². The summed E-state index contributed by atoms with van der Waals surface area (Å²) in [7, 11) is 0. The van der Waals surface area contributed by atoms with Gasteiger partial charge in [-0.1, -0.05) is 258 Å². The van der Waals surface area contributed by atoms with Gasteiger partial charge in [-0.15, -0.1) is 0 Å². The molecule has 0 bridgehead atoms. The van der Waals surface area contributed by atoms with Crippen LogP contribution in [0.3, 0.4) is 0 Å². The highest BCUT2D eigenvalue weighted by atomic mass is 16.6. The number of ether oxygens (including phenoxy) is 3. The molecule has 0 aromatic heterocycles. The first kappa shape index (κ1) is 60.2. The van der Waals surface area contributed by atoms with E-state index in [0.29, 0.717) is 19.3 Å². The summed E-state index contributed by atoms with van der Waals surface area (Å²) in [6.45, 7) is 6.66. The Labute approximate surface area is 386 Å². The molecule has 6 nitrogen and oxygen atoms in total. The van der Waals surface area contributed by atoms with E-state index in [1.54, 1.807) is 0 Å². The van der Waals surface area contributed by atoms with Crippen LogP contribution in [0.15, 0.2) is 12.2 Å². The lowest BCUT2D eigenvalue weighted by atomic mass is 10.0. The van der Waals surface area contributed by atoms with E-state index in [1.807, 2.05) is 0 Å². The van der Waals surface area contributed by atoms with Gasteiger partial charge in [0.2, 0.25) is 0 Å². The summed E-state index contributed by atoms with van der Waals surface area (Å²) in [6.07, 6.45) is 57.7. The van der Waals surface area contributed by atoms with E-state index < -0.39 is 6.10 Å². The number of rotatable bonds is 51. The Morgan fingerprint density at radius 3 is 0.823 bits per heavy atom. The molecule has 366 valence electrons. The van der Waals surface area contributed by atoms with Crippen molar-refractivity contribution in [2.45, 2.75) is 316 Å². The van der Waals surface area contributed by atoms with Gasteiger partial charge in [-0.3, -0.25) is 14.4 Å². The molecule has 0 unspecified atom stereocenters. The first-order valence-corrected chi connectivity index (χ1v) is 27.7. The van der Waals surface area contributed by atoms with Crippen molar-refractivity contribution in [3.8, 4) is 0 Å².